The van der Waals surface area contributed by atoms with Crippen LogP contribution in [0.2, 0.25) is 0 Å². The number of aliphatic hydroxyl groups excluding tert-OH is 1. The summed E-state index contributed by atoms with van der Waals surface area (Å²) in [6.45, 7) is 2.80. The monoisotopic (exact) mass is 351 g/mol. The highest BCUT2D eigenvalue weighted by atomic mass is 79.9. The molecule has 0 heterocycles. The van der Waals surface area contributed by atoms with E-state index in [1.807, 2.05) is 0 Å². The average molecular weight is 352 g/mol. The molecule has 0 saturated heterocycles. The van der Waals surface area contributed by atoms with E-state index in [0.29, 0.717) is 0 Å². The van der Waals surface area contributed by atoms with Crippen LogP contribution in [-0.2, 0) is 9.84 Å². The normalized spacial score (nSPS) is 16.6. The van der Waals surface area contributed by atoms with Crippen molar-refractivity contribution in [3.05, 3.63) is 39.9 Å². The van der Waals surface area contributed by atoms with Gasteiger partial charge in [-0.3, -0.25) is 10.1 Å². The van der Waals surface area contributed by atoms with Crippen LogP contribution in [0.4, 0.5) is 5.69 Å². The van der Waals surface area contributed by atoms with Crippen LogP contribution >= 0.6 is 15.9 Å². The summed E-state index contributed by atoms with van der Waals surface area (Å²) in [4.78, 5) is 10.1. The van der Waals surface area contributed by atoms with E-state index < -0.39 is 24.5 Å². The van der Waals surface area contributed by atoms with Crippen LogP contribution in [0.3, 0.4) is 0 Å². The molecular weight excluding hydrogens is 338 g/mol. The van der Waals surface area contributed by atoms with Gasteiger partial charge in [0.15, 0.2) is 13.5 Å². The van der Waals surface area contributed by atoms with Crippen molar-refractivity contribution in [3.63, 3.8) is 0 Å². The molecule has 2 atom stereocenters. The molecule has 0 radical (unpaired) electrons. The Balaban J connectivity index is 3.24. The molecule has 0 amide bonds. The van der Waals surface area contributed by atoms with Crippen LogP contribution in [-0.4, -0.2) is 27.9 Å². The lowest BCUT2D eigenvalue weighted by atomic mass is 10.1. The van der Waals surface area contributed by atoms with Crippen LogP contribution in [0, 0.1) is 10.1 Å². The summed E-state index contributed by atoms with van der Waals surface area (Å²) in [5, 5.41) is 20.8. The lowest BCUT2D eigenvalue weighted by Crippen LogP contribution is -2.36. The minimum Gasteiger partial charge on any atom is -0.386 e. The molecule has 6 nitrogen and oxygen atoms in total. The van der Waals surface area contributed by atoms with Gasteiger partial charge < -0.3 is 5.11 Å². The molecular formula is C11H14BrNO5S. The predicted octanol–water partition coefficient (Wildman–Crippen LogP) is 2.17. The Morgan fingerprint density at radius 2 is 2.11 bits per heavy atom. The standard InChI is InChI=1S/C11H14BrNO5S/c1-3-19(17,18)11(2,12)10(14)8-5-4-6-9(7-8)13(15)16/h4-7,10,14H,3H2,1-2H3/t10-,11+/m1/s1. The van der Waals surface area contributed by atoms with E-state index in [-0.39, 0.29) is 17.0 Å². The van der Waals surface area contributed by atoms with Crippen molar-refractivity contribution in [2.75, 3.05) is 5.75 Å². The van der Waals surface area contributed by atoms with E-state index in [4.69, 9.17) is 0 Å². The topological polar surface area (TPSA) is 97.5 Å². The van der Waals surface area contributed by atoms with E-state index in [9.17, 15) is 23.6 Å². The molecule has 0 aliphatic carbocycles. The minimum absolute atomic E-state index is 0.152. The molecule has 0 aliphatic heterocycles. The summed E-state index contributed by atoms with van der Waals surface area (Å²) in [6.07, 6.45) is -1.41. The lowest BCUT2D eigenvalue weighted by Gasteiger charge is -2.28. The maximum absolute atomic E-state index is 11.9. The molecule has 0 aliphatic rings. The number of nitrogens with zero attached hydrogens (tertiary/aromatic N) is 1. The van der Waals surface area contributed by atoms with Gasteiger partial charge in [-0.1, -0.05) is 35.0 Å². The van der Waals surface area contributed by atoms with Crippen molar-refractivity contribution in [2.24, 2.45) is 0 Å². The second-order valence-electron chi connectivity index (χ2n) is 4.14. The van der Waals surface area contributed by atoms with Crippen LogP contribution in [0.15, 0.2) is 24.3 Å². The first-order valence-corrected chi connectivity index (χ1v) is 7.91. The predicted molar refractivity (Wildman–Crippen MR) is 74.8 cm³/mol. The van der Waals surface area contributed by atoms with Gasteiger partial charge in [-0.25, -0.2) is 8.42 Å². The van der Waals surface area contributed by atoms with Crippen LogP contribution in [0.5, 0.6) is 0 Å². The highest BCUT2D eigenvalue weighted by molar-refractivity contribution is 9.11. The third-order valence-corrected chi connectivity index (χ3v) is 6.99. The first-order valence-electron chi connectivity index (χ1n) is 5.47. The number of hydrogen-bond acceptors (Lipinski definition) is 5. The molecule has 0 saturated carbocycles. The van der Waals surface area contributed by atoms with Crippen molar-refractivity contribution < 1.29 is 18.4 Å². The van der Waals surface area contributed by atoms with Gasteiger partial charge in [0, 0.05) is 17.9 Å². The van der Waals surface area contributed by atoms with Crippen LogP contribution in [0.1, 0.15) is 25.5 Å². The Labute approximate surface area is 119 Å². The number of aliphatic hydroxyl groups is 1. The van der Waals surface area contributed by atoms with Crippen molar-refractivity contribution in [2.45, 2.75) is 23.6 Å². The first kappa shape index (κ1) is 16.1. The molecule has 19 heavy (non-hydrogen) atoms. The molecule has 1 N–H and O–H groups in total. The number of non-ortho nitro benzene ring substituents is 1. The third-order valence-electron chi connectivity index (χ3n) is 2.87. The molecule has 1 rings (SSSR count). The molecule has 1 aromatic rings. The van der Waals surface area contributed by atoms with Gasteiger partial charge in [-0.2, -0.15) is 0 Å². The SMILES string of the molecule is CCS(=O)(=O)[C@](C)(Br)[C@H](O)c1cccc([N+](=O)[O-])c1. The van der Waals surface area contributed by atoms with E-state index in [1.165, 1.54) is 32.0 Å². The Morgan fingerprint density at radius 1 is 1.53 bits per heavy atom. The van der Waals surface area contributed by atoms with Gasteiger partial charge >= 0.3 is 0 Å². The lowest BCUT2D eigenvalue weighted by molar-refractivity contribution is -0.385. The number of hydrogen-bond donors (Lipinski definition) is 1. The molecule has 0 bridgehead atoms. The molecule has 1 aromatic carbocycles. The van der Waals surface area contributed by atoms with E-state index in [2.05, 4.69) is 15.9 Å². The molecule has 8 heteroatoms. The number of rotatable bonds is 5. The molecule has 0 unspecified atom stereocenters. The van der Waals surface area contributed by atoms with Gasteiger partial charge in [-0.15, -0.1) is 0 Å². The summed E-state index contributed by atoms with van der Waals surface area (Å²) in [7, 11) is -3.58. The van der Waals surface area contributed by atoms with E-state index in [0.717, 1.165) is 6.07 Å². The quantitative estimate of drug-likeness (QED) is 0.498. The zero-order valence-corrected chi connectivity index (χ0v) is 12.8. The fourth-order valence-corrected chi connectivity index (χ4v) is 3.55. The molecule has 0 spiro atoms. The number of sulfone groups is 1. The maximum Gasteiger partial charge on any atom is 0.269 e. The highest BCUT2D eigenvalue weighted by Crippen LogP contribution is 2.39. The number of nitro groups is 1. The second kappa shape index (κ2) is 5.56. The van der Waals surface area contributed by atoms with Crippen molar-refractivity contribution in [1.82, 2.24) is 0 Å². The summed E-state index contributed by atoms with van der Waals surface area (Å²) in [5.74, 6) is -0.152. The largest absolute Gasteiger partial charge is 0.386 e. The first-order chi connectivity index (χ1) is 8.63. The van der Waals surface area contributed by atoms with Gasteiger partial charge in [-0.05, 0) is 12.5 Å². The van der Waals surface area contributed by atoms with Crippen molar-refractivity contribution in [3.8, 4) is 0 Å². The Hall–Kier alpha value is -0.990. The number of nitro benzene ring substituents is 1. The summed E-state index contributed by atoms with van der Waals surface area (Å²) < 4.78 is 22.2. The van der Waals surface area contributed by atoms with Crippen molar-refractivity contribution in [1.29, 1.82) is 0 Å². The van der Waals surface area contributed by atoms with Gasteiger partial charge in [0.2, 0.25) is 0 Å². The summed E-state index contributed by atoms with van der Waals surface area (Å²) in [5.41, 5.74) is -0.0284. The number of halogens is 1. The Bertz CT molecular complexity index is 585. The van der Waals surface area contributed by atoms with Crippen LogP contribution < -0.4 is 0 Å². The van der Waals surface area contributed by atoms with Gasteiger partial charge in [0.05, 0.1) is 4.92 Å². The van der Waals surface area contributed by atoms with E-state index in [1.54, 1.807) is 0 Å². The summed E-state index contributed by atoms with van der Waals surface area (Å²) >= 11 is 3.02. The van der Waals surface area contributed by atoms with Gasteiger partial charge in [0.1, 0.15) is 6.10 Å². The number of alkyl halides is 1. The fraction of sp³-hybridized carbons (Fsp3) is 0.455. The zero-order chi connectivity index (χ0) is 14.8. The maximum atomic E-state index is 11.9. The van der Waals surface area contributed by atoms with Crippen molar-refractivity contribution >= 4 is 31.5 Å². The zero-order valence-electron chi connectivity index (χ0n) is 10.4. The molecule has 0 aromatic heterocycles. The van der Waals surface area contributed by atoms with Gasteiger partial charge in [0.25, 0.3) is 5.69 Å². The Morgan fingerprint density at radius 3 is 2.58 bits per heavy atom. The number of benzene rings is 1. The third kappa shape index (κ3) is 3.13. The molecule has 0 fully saturated rings. The average Bonchev–Trinajstić information content (AvgIpc) is 2.37. The smallest absolute Gasteiger partial charge is 0.269 e. The van der Waals surface area contributed by atoms with E-state index >= 15 is 0 Å². The Kier molecular flexibility index (Phi) is 4.70. The fourth-order valence-electron chi connectivity index (χ4n) is 1.56. The van der Waals surface area contributed by atoms with Crippen LogP contribution in [0.25, 0.3) is 0 Å². The highest BCUT2D eigenvalue weighted by Gasteiger charge is 2.43. The molecule has 106 valence electrons. The minimum atomic E-state index is -3.58. The summed E-state index contributed by atoms with van der Waals surface area (Å²) in [6, 6.07) is 5.28. The second-order valence-corrected chi connectivity index (χ2v) is 8.97.